The molecule has 0 aliphatic rings. The lowest BCUT2D eigenvalue weighted by Gasteiger charge is -2.15. The van der Waals surface area contributed by atoms with E-state index >= 15 is 0 Å². The first-order valence-corrected chi connectivity index (χ1v) is 7.69. The van der Waals surface area contributed by atoms with Crippen LogP contribution >= 0.6 is 27.3 Å². The third-order valence-electron chi connectivity index (χ3n) is 2.96. The van der Waals surface area contributed by atoms with E-state index in [9.17, 15) is 4.79 Å². The van der Waals surface area contributed by atoms with Crippen molar-refractivity contribution in [3.63, 3.8) is 0 Å². The topological polar surface area (TPSA) is 57.8 Å². The van der Waals surface area contributed by atoms with Crippen LogP contribution in [0.1, 0.15) is 34.9 Å². The number of aromatic amines is 1. The molecular formula is C13H16BrN3OS. The maximum atomic E-state index is 12.0. The Morgan fingerprint density at radius 1 is 1.53 bits per heavy atom. The summed E-state index contributed by atoms with van der Waals surface area (Å²) in [6.07, 6.45) is 0. The van der Waals surface area contributed by atoms with Crippen LogP contribution in [0.5, 0.6) is 0 Å². The van der Waals surface area contributed by atoms with Gasteiger partial charge in [-0.1, -0.05) is 0 Å². The van der Waals surface area contributed by atoms with E-state index in [4.69, 9.17) is 0 Å². The van der Waals surface area contributed by atoms with E-state index in [1.807, 2.05) is 25.3 Å². The van der Waals surface area contributed by atoms with Crippen molar-refractivity contribution in [3.05, 3.63) is 48.2 Å². The second-order valence-corrected chi connectivity index (χ2v) is 6.30. The van der Waals surface area contributed by atoms with Crippen LogP contribution in [-0.2, 0) is 6.54 Å². The lowest BCUT2D eigenvalue weighted by Crippen LogP contribution is -2.27. The molecule has 1 atom stereocenters. The molecule has 1 unspecified atom stereocenters. The molecule has 2 aromatic rings. The number of nitrogens with zero attached hydrogens (tertiary/aromatic N) is 1. The molecule has 2 heterocycles. The standard InChI is InChI=1S/C13H16BrN3OS/c1-7(15-6-11-10(14)4-5-19-11)12-8(2)16-9(3)17-13(12)18/h4-5,7,15H,6H2,1-3H3,(H,16,17,18). The third-order valence-corrected chi connectivity index (χ3v) is 4.88. The van der Waals surface area contributed by atoms with E-state index in [0.717, 1.165) is 16.7 Å². The number of H-pyrrole nitrogens is 1. The quantitative estimate of drug-likeness (QED) is 0.898. The summed E-state index contributed by atoms with van der Waals surface area (Å²) in [7, 11) is 0. The summed E-state index contributed by atoms with van der Waals surface area (Å²) in [5, 5.41) is 5.40. The Bertz CT molecular complexity index is 635. The first-order chi connectivity index (χ1) is 8.99. The summed E-state index contributed by atoms with van der Waals surface area (Å²) < 4.78 is 1.10. The largest absolute Gasteiger partial charge is 0.310 e. The van der Waals surface area contributed by atoms with Crippen molar-refractivity contribution in [1.29, 1.82) is 0 Å². The van der Waals surface area contributed by atoms with Crippen molar-refractivity contribution in [3.8, 4) is 0 Å². The average Bonchev–Trinajstić information content (AvgIpc) is 2.70. The number of hydrogen-bond donors (Lipinski definition) is 2. The molecule has 0 saturated carbocycles. The molecule has 0 bridgehead atoms. The minimum atomic E-state index is -0.0600. The van der Waals surface area contributed by atoms with Crippen molar-refractivity contribution in [2.24, 2.45) is 0 Å². The predicted octanol–water partition coefficient (Wildman–Crippen LogP) is 3.06. The minimum Gasteiger partial charge on any atom is -0.310 e. The molecule has 0 radical (unpaired) electrons. The first kappa shape index (κ1) is 14.4. The number of thiophene rings is 1. The molecule has 6 heteroatoms. The Balaban J connectivity index is 2.15. The van der Waals surface area contributed by atoms with Crippen LogP contribution in [0.3, 0.4) is 0 Å². The van der Waals surface area contributed by atoms with Gasteiger partial charge in [-0.05, 0) is 48.1 Å². The van der Waals surface area contributed by atoms with Crippen molar-refractivity contribution < 1.29 is 0 Å². The van der Waals surface area contributed by atoms with Crippen LogP contribution < -0.4 is 10.9 Å². The molecule has 2 aromatic heterocycles. The van der Waals surface area contributed by atoms with E-state index < -0.39 is 0 Å². The molecular weight excluding hydrogens is 326 g/mol. The monoisotopic (exact) mass is 341 g/mol. The van der Waals surface area contributed by atoms with Crippen LogP contribution in [-0.4, -0.2) is 9.97 Å². The zero-order valence-electron chi connectivity index (χ0n) is 11.1. The highest BCUT2D eigenvalue weighted by Crippen LogP contribution is 2.23. The Morgan fingerprint density at radius 3 is 2.84 bits per heavy atom. The van der Waals surface area contributed by atoms with Crippen LogP contribution in [0.15, 0.2) is 20.7 Å². The molecule has 2 rings (SSSR count). The van der Waals surface area contributed by atoms with Gasteiger partial charge >= 0.3 is 0 Å². The Labute approximate surface area is 124 Å². The zero-order chi connectivity index (χ0) is 14.0. The second kappa shape index (κ2) is 5.98. The predicted molar refractivity (Wildman–Crippen MR) is 81.6 cm³/mol. The number of halogens is 1. The Kier molecular flexibility index (Phi) is 4.54. The van der Waals surface area contributed by atoms with E-state index in [-0.39, 0.29) is 11.6 Å². The molecule has 0 amide bonds. The van der Waals surface area contributed by atoms with Gasteiger partial charge in [-0.25, -0.2) is 4.98 Å². The SMILES string of the molecule is Cc1nc(C)c(C(C)NCc2sccc2Br)c(=O)[nH]1. The van der Waals surface area contributed by atoms with E-state index in [1.54, 1.807) is 18.3 Å². The number of nitrogens with one attached hydrogen (secondary N) is 2. The van der Waals surface area contributed by atoms with E-state index in [0.29, 0.717) is 11.4 Å². The molecule has 19 heavy (non-hydrogen) atoms. The van der Waals surface area contributed by atoms with Crippen molar-refractivity contribution >= 4 is 27.3 Å². The first-order valence-electron chi connectivity index (χ1n) is 6.01. The van der Waals surface area contributed by atoms with Gasteiger partial charge in [0, 0.05) is 27.6 Å². The van der Waals surface area contributed by atoms with Crippen LogP contribution in [0.25, 0.3) is 0 Å². The van der Waals surface area contributed by atoms with Crippen molar-refractivity contribution in [2.45, 2.75) is 33.4 Å². The zero-order valence-corrected chi connectivity index (χ0v) is 13.5. The molecule has 0 aliphatic carbocycles. The summed E-state index contributed by atoms with van der Waals surface area (Å²) in [4.78, 5) is 20.3. The van der Waals surface area contributed by atoms with Gasteiger partial charge in [-0.3, -0.25) is 4.79 Å². The average molecular weight is 342 g/mol. The molecule has 102 valence electrons. The summed E-state index contributed by atoms with van der Waals surface area (Å²) in [5.41, 5.74) is 1.43. The molecule has 0 saturated heterocycles. The lowest BCUT2D eigenvalue weighted by molar-refractivity contribution is 0.565. The molecule has 0 fully saturated rings. The number of aromatic nitrogens is 2. The fourth-order valence-electron chi connectivity index (χ4n) is 2.04. The highest BCUT2D eigenvalue weighted by atomic mass is 79.9. The Hall–Kier alpha value is -0.980. The number of hydrogen-bond acceptors (Lipinski definition) is 4. The minimum absolute atomic E-state index is 0.0363. The van der Waals surface area contributed by atoms with E-state index in [1.165, 1.54) is 4.88 Å². The molecule has 0 spiro atoms. The van der Waals surface area contributed by atoms with Gasteiger partial charge in [0.05, 0.1) is 5.56 Å². The van der Waals surface area contributed by atoms with Gasteiger partial charge < -0.3 is 10.3 Å². The van der Waals surface area contributed by atoms with Crippen molar-refractivity contribution in [2.75, 3.05) is 0 Å². The van der Waals surface area contributed by atoms with Gasteiger partial charge in [0.25, 0.3) is 5.56 Å². The number of rotatable bonds is 4. The van der Waals surface area contributed by atoms with Gasteiger partial charge in [0.1, 0.15) is 5.82 Å². The lowest BCUT2D eigenvalue weighted by atomic mass is 10.1. The molecule has 0 aliphatic heterocycles. The highest BCUT2D eigenvalue weighted by Gasteiger charge is 2.14. The Morgan fingerprint density at radius 2 is 2.26 bits per heavy atom. The summed E-state index contributed by atoms with van der Waals surface area (Å²) >= 11 is 5.19. The second-order valence-electron chi connectivity index (χ2n) is 4.44. The normalized spacial score (nSPS) is 12.6. The fraction of sp³-hybridized carbons (Fsp3) is 0.385. The third kappa shape index (κ3) is 3.32. The van der Waals surface area contributed by atoms with E-state index in [2.05, 4.69) is 31.2 Å². The maximum absolute atomic E-state index is 12.0. The van der Waals surface area contributed by atoms with Crippen LogP contribution in [0.2, 0.25) is 0 Å². The molecule has 0 aromatic carbocycles. The van der Waals surface area contributed by atoms with Gasteiger partial charge in [0.15, 0.2) is 0 Å². The number of aryl methyl sites for hydroxylation is 2. The molecule has 2 N–H and O–H groups in total. The van der Waals surface area contributed by atoms with Crippen LogP contribution in [0, 0.1) is 13.8 Å². The van der Waals surface area contributed by atoms with Crippen molar-refractivity contribution in [1.82, 2.24) is 15.3 Å². The molecule has 4 nitrogen and oxygen atoms in total. The fourth-order valence-corrected chi connectivity index (χ4v) is 3.49. The van der Waals surface area contributed by atoms with Gasteiger partial charge in [-0.15, -0.1) is 11.3 Å². The van der Waals surface area contributed by atoms with Crippen LogP contribution in [0.4, 0.5) is 0 Å². The summed E-state index contributed by atoms with van der Waals surface area (Å²) in [5.74, 6) is 0.652. The van der Waals surface area contributed by atoms with Gasteiger partial charge in [-0.2, -0.15) is 0 Å². The highest BCUT2D eigenvalue weighted by molar-refractivity contribution is 9.10. The summed E-state index contributed by atoms with van der Waals surface area (Å²) in [6, 6.07) is 1.99. The maximum Gasteiger partial charge on any atom is 0.255 e. The smallest absolute Gasteiger partial charge is 0.255 e. The van der Waals surface area contributed by atoms with Gasteiger partial charge in [0.2, 0.25) is 0 Å². The summed E-state index contributed by atoms with van der Waals surface area (Å²) in [6.45, 7) is 6.37.